The van der Waals surface area contributed by atoms with Gasteiger partial charge in [-0.2, -0.15) is 0 Å². The average molecular weight is 504 g/mol. The van der Waals surface area contributed by atoms with Crippen LogP contribution in [0, 0.1) is 17.5 Å². The third kappa shape index (κ3) is 4.19. The second-order valence-corrected chi connectivity index (χ2v) is 7.91. The molecule has 0 aromatic heterocycles. The lowest BCUT2D eigenvalue weighted by atomic mass is 9.94. The molecule has 0 saturated carbocycles. The molecular weight excluding hydrogens is 487 g/mol. The minimum absolute atomic E-state index is 0.0197. The molecule has 1 atom stereocenters. The quantitative estimate of drug-likeness (QED) is 0.286. The Morgan fingerprint density at radius 2 is 1.57 bits per heavy atom. The number of aliphatic hydroxyl groups is 1. The predicted octanol–water partition coefficient (Wildman–Crippen LogP) is 5.40. The zero-order chi connectivity index (χ0) is 25.4. The van der Waals surface area contributed by atoms with Crippen molar-refractivity contribution >= 4 is 34.7 Å². The number of ether oxygens (including phenoxy) is 2. The minimum Gasteiger partial charge on any atom is -0.507 e. The van der Waals surface area contributed by atoms with E-state index in [4.69, 9.17) is 21.1 Å². The molecule has 0 radical (unpaired) electrons. The fourth-order valence-electron chi connectivity index (χ4n) is 3.88. The number of halogens is 4. The Hall–Kier alpha value is -3.98. The molecular formula is C25H17ClF3NO5. The summed E-state index contributed by atoms with van der Waals surface area (Å²) in [5, 5.41) is 11.3. The van der Waals surface area contributed by atoms with Gasteiger partial charge in [-0.15, -0.1) is 0 Å². The van der Waals surface area contributed by atoms with E-state index in [9.17, 15) is 27.9 Å². The number of hydrogen-bond acceptors (Lipinski definition) is 5. The molecule has 1 aliphatic heterocycles. The molecule has 10 heteroatoms. The lowest BCUT2D eigenvalue weighted by Gasteiger charge is -2.25. The van der Waals surface area contributed by atoms with Crippen LogP contribution >= 0.6 is 11.6 Å². The number of carbonyl (C=O) groups is 2. The van der Waals surface area contributed by atoms with E-state index >= 15 is 0 Å². The zero-order valence-electron chi connectivity index (χ0n) is 18.3. The van der Waals surface area contributed by atoms with Gasteiger partial charge in [0.2, 0.25) is 0 Å². The van der Waals surface area contributed by atoms with E-state index in [1.54, 1.807) is 0 Å². The van der Waals surface area contributed by atoms with Crippen molar-refractivity contribution in [1.82, 2.24) is 0 Å². The van der Waals surface area contributed by atoms with Gasteiger partial charge < -0.3 is 14.6 Å². The summed E-state index contributed by atoms with van der Waals surface area (Å²) in [6, 6.07) is 8.87. The summed E-state index contributed by atoms with van der Waals surface area (Å²) in [6.07, 6.45) is 0. The summed E-state index contributed by atoms with van der Waals surface area (Å²) in [6.45, 7) is 0. The average Bonchev–Trinajstić information content (AvgIpc) is 3.11. The van der Waals surface area contributed by atoms with Crippen LogP contribution in [0.15, 0.2) is 60.2 Å². The van der Waals surface area contributed by atoms with Crippen molar-refractivity contribution in [3.63, 3.8) is 0 Å². The maximum atomic E-state index is 14.0. The Morgan fingerprint density at radius 3 is 2.17 bits per heavy atom. The lowest BCUT2D eigenvalue weighted by molar-refractivity contribution is -0.132. The Kier molecular flexibility index (Phi) is 6.45. The second-order valence-electron chi connectivity index (χ2n) is 7.51. The third-order valence-corrected chi connectivity index (χ3v) is 5.84. The van der Waals surface area contributed by atoms with Crippen LogP contribution in [-0.2, 0) is 9.59 Å². The molecule has 3 aromatic carbocycles. The van der Waals surface area contributed by atoms with Gasteiger partial charge in [-0.3, -0.25) is 14.5 Å². The van der Waals surface area contributed by atoms with E-state index in [0.717, 1.165) is 35.2 Å². The van der Waals surface area contributed by atoms with Crippen LogP contribution in [-0.4, -0.2) is 31.0 Å². The normalized spacial score (nSPS) is 17.1. The number of hydrogen-bond donors (Lipinski definition) is 1. The maximum Gasteiger partial charge on any atom is 0.300 e. The van der Waals surface area contributed by atoms with E-state index in [1.165, 1.54) is 38.5 Å². The Labute approximate surface area is 202 Å². The van der Waals surface area contributed by atoms with Gasteiger partial charge in [-0.25, -0.2) is 13.2 Å². The van der Waals surface area contributed by atoms with Crippen molar-refractivity contribution in [3.8, 4) is 11.5 Å². The monoisotopic (exact) mass is 503 g/mol. The van der Waals surface area contributed by atoms with Crippen LogP contribution in [0.25, 0.3) is 5.76 Å². The molecule has 1 N–H and O–H groups in total. The molecule has 1 saturated heterocycles. The van der Waals surface area contributed by atoms with Crippen LogP contribution in [0.3, 0.4) is 0 Å². The lowest BCUT2D eigenvalue weighted by Crippen LogP contribution is -2.29. The third-order valence-electron chi connectivity index (χ3n) is 5.54. The van der Waals surface area contributed by atoms with E-state index < -0.39 is 40.9 Å². The zero-order valence-corrected chi connectivity index (χ0v) is 19.1. The highest BCUT2D eigenvalue weighted by Gasteiger charge is 2.47. The number of Topliss-reactive ketones (excluding diaryl/α,β-unsaturated/α-hetero) is 1. The van der Waals surface area contributed by atoms with Crippen molar-refractivity contribution in [2.45, 2.75) is 6.04 Å². The van der Waals surface area contributed by atoms with Gasteiger partial charge in [0, 0.05) is 17.8 Å². The van der Waals surface area contributed by atoms with Gasteiger partial charge in [-0.05, 0) is 35.9 Å². The van der Waals surface area contributed by atoms with Crippen molar-refractivity contribution in [2.75, 3.05) is 19.1 Å². The largest absolute Gasteiger partial charge is 0.507 e. The SMILES string of the molecule is COc1cc(OC)c(/C(O)=C2\C(=O)C(=O)N(c3ccc(F)c(F)c3)C2c2ccc(F)cc2)cc1Cl. The van der Waals surface area contributed by atoms with E-state index in [2.05, 4.69) is 0 Å². The van der Waals surface area contributed by atoms with E-state index in [1.807, 2.05) is 0 Å². The van der Waals surface area contributed by atoms with Crippen LogP contribution in [0.2, 0.25) is 5.02 Å². The number of benzene rings is 3. The van der Waals surface area contributed by atoms with Gasteiger partial charge in [0.25, 0.3) is 11.7 Å². The van der Waals surface area contributed by atoms with Crippen LogP contribution in [0.5, 0.6) is 11.5 Å². The predicted molar refractivity (Wildman–Crippen MR) is 122 cm³/mol. The highest BCUT2D eigenvalue weighted by Crippen LogP contribution is 2.44. The van der Waals surface area contributed by atoms with Crippen molar-refractivity contribution in [2.24, 2.45) is 0 Å². The number of ketones is 1. The summed E-state index contributed by atoms with van der Waals surface area (Å²) >= 11 is 6.21. The van der Waals surface area contributed by atoms with Gasteiger partial charge in [0.1, 0.15) is 23.1 Å². The van der Waals surface area contributed by atoms with Crippen molar-refractivity contribution in [3.05, 3.63) is 93.8 Å². The first kappa shape index (κ1) is 24.2. The molecule has 0 spiro atoms. The number of anilines is 1. The standard InChI is InChI=1S/C25H17ClF3NO5/c1-34-19-11-20(35-2)16(26)10-15(19)23(31)21-22(12-3-5-13(27)6-4-12)30(25(33)24(21)32)14-7-8-17(28)18(29)9-14/h3-11,22,31H,1-2H3/b23-21+. The van der Waals surface area contributed by atoms with Gasteiger partial charge >= 0.3 is 0 Å². The summed E-state index contributed by atoms with van der Waals surface area (Å²) < 4.78 is 51.7. The molecule has 3 aromatic rings. The molecule has 1 aliphatic rings. The number of nitrogens with zero attached hydrogens (tertiary/aromatic N) is 1. The molecule has 1 heterocycles. The Morgan fingerprint density at radius 1 is 0.914 bits per heavy atom. The van der Waals surface area contributed by atoms with Crippen molar-refractivity contribution in [1.29, 1.82) is 0 Å². The van der Waals surface area contributed by atoms with Crippen molar-refractivity contribution < 1.29 is 37.3 Å². The molecule has 4 rings (SSSR count). The second kappa shape index (κ2) is 9.34. The fourth-order valence-corrected chi connectivity index (χ4v) is 4.13. The highest BCUT2D eigenvalue weighted by atomic mass is 35.5. The topological polar surface area (TPSA) is 76.1 Å². The fraction of sp³-hybridized carbons (Fsp3) is 0.120. The summed E-state index contributed by atoms with van der Waals surface area (Å²) in [5.74, 6) is -5.50. The smallest absolute Gasteiger partial charge is 0.300 e. The Bertz CT molecular complexity index is 1370. The van der Waals surface area contributed by atoms with Crippen LogP contribution in [0.1, 0.15) is 17.2 Å². The molecule has 1 fully saturated rings. The van der Waals surface area contributed by atoms with Crippen LogP contribution < -0.4 is 14.4 Å². The molecule has 6 nitrogen and oxygen atoms in total. The van der Waals surface area contributed by atoms with E-state index in [-0.39, 0.29) is 38.9 Å². The summed E-state index contributed by atoms with van der Waals surface area (Å²) in [7, 11) is 2.69. The summed E-state index contributed by atoms with van der Waals surface area (Å²) in [4.78, 5) is 27.2. The summed E-state index contributed by atoms with van der Waals surface area (Å²) in [5.41, 5.74) is -0.311. The highest BCUT2D eigenvalue weighted by molar-refractivity contribution is 6.51. The van der Waals surface area contributed by atoms with Gasteiger partial charge in [-0.1, -0.05) is 23.7 Å². The first-order valence-electron chi connectivity index (χ1n) is 10.1. The molecule has 180 valence electrons. The number of rotatable bonds is 5. The van der Waals surface area contributed by atoms with E-state index in [0.29, 0.717) is 0 Å². The van der Waals surface area contributed by atoms with Gasteiger partial charge in [0.15, 0.2) is 11.6 Å². The number of carbonyl (C=O) groups excluding carboxylic acids is 2. The minimum atomic E-state index is -1.30. The molecule has 1 unspecified atom stereocenters. The number of aliphatic hydroxyl groups excluding tert-OH is 1. The number of methoxy groups -OCH3 is 2. The van der Waals surface area contributed by atoms with Gasteiger partial charge in [0.05, 0.1) is 36.4 Å². The maximum absolute atomic E-state index is 14.0. The molecule has 35 heavy (non-hydrogen) atoms. The Balaban J connectivity index is 1.99. The molecule has 0 bridgehead atoms. The first-order chi connectivity index (χ1) is 16.7. The first-order valence-corrected chi connectivity index (χ1v) is 10.5. The number of amides is 1. The van der Waals surface area contributed by atoms with Crippen LogP contribution in [0.4, 0.5) is 18.9 Å². The molecule has 1 amide bonds. The molecule has 0 aliphatic carbocycles.